The molecular formula is C11H17F2NO. The number of alkyl halides is 2. The zero-order chi connectivity index (χ0) is 10.9. The third-order valence-electron chi connectivity index (χ3n) is 3.44. The smallest absolute Gasteiger partial charge is 0.248 e. The van der Waals surface area contributed by atoms with E-state index in [4.69, 9.17) is 0 Å². The number of carbonyl (C=O) groups is 1. The number of ketones is 1. The Morgan fingerprint density at radius 1 is 1.40 bits per heavy atom. The van der Waals surface area contributed by atoms with Gasteiger partial charge in [0.2, 0.25) is 5.92 Å². The molecule has 15 heavy (non-hydrogen) atoms. The minimum atomic E-state index is -2.52. The molecule has 1 saturated carbocycles. The van der Waals surface area contributed by atoms with Crippen LogP contribution in [0.1, 0.15) is 38.5 Å². The summed E-state index contributed by atoms with van der Waals surface area (Å²) in [5.41, 5.74) is 0. The minimum Gasteiger partial charge on any atom is -0.307 e. The van der Waals surface area contributed by atoms with Crippen LogP contribution < -0.4 is 5.32 Å². The van der Waals surface area contributed by atoms with Gasteiger partial charge in [0.1, 0.15) is 5.78 Å². The summed E-state index contributed by atoms with van der Waals surface area (Å²) in [6, 6.07) is -0.0563. The van der Waals surface area contributed by atoms with Gasteiger partial charge >= 0.3 is 0 Å². The molecule has 2 aliphatic rings. The van der Waals surface area contributed by atoms with Crippen LogP contribution in [-0.4, -0.2) is 24.3 Å². The summed E-state index contributed by atoms with van der Waals surface area (Å²) in [5.74, 6) is -2.47. The van der Waals surface area contributed by atoms with Crippen molar-refractivity contribution in [3.05, 3.63) is 0 Å². The lowest BCUT2D eigenvalue weighted by Crippen LogP contribution is -2.31. The molecule has 0 bridgehead atoms. The maximum Gasteiger partial charge on any atom is 0.248 e. The van der Waals surface area contributed by atoms with Crippen LogP contribution in [0.15, 0.2) is 0 Å². The van der Waals surface area contributed by atoms with Crippen molar-refractivity contribution < 1.29 is 13.6 Å². The molecule has 2 rings (SSSR count). The largest absolute Gasteiger partial charge is 0.307 e. The Labute approximate surface area is 88.4 Å². The van der Waals surface area contributed by atoms with Gasteiger partial charge < -0.3 is 5.32 Å². The molecule has 1 saturated heterocycles. The number of halogens is 2. The Bertz CT molecular complexity index is 249. The molecule has 4 heteroatoms. The van der Waals surface area contributed by atoms with Crippen LogP contribution in [0.3, 0.4) is 0 Å². The Balaban J connectivity index is 1.79. The second-order valence-electron chi connectivity index (χ2n) is 4.78. The van der Waals surface area contributed by atoms with Crippen LogP contribution in [0.25, 0.3) is 0 Å². The SMILES string of the molecule is O=C(CC1CCC(F)(F)C1)[C@H]1CCCN1. The number of carbonyl (C=O) groups excluding carboxylic acids is 1. The summed E-state index contributed by atoms with van der Waals surface area (Å²) in [7, 11) is 0. The molecule has 0 aromatic carbocycles. The molecular weight excluding hydrogens is 200 g/mol. The van der Waals surface area contributed by atoms with E-state index in [0.29, 0.717) is 12.8 Å². The Morgan fingerprint density at radius 3 is 2.73 bits per heavy atom. The van der Waals surface area contributed by atoms with Gasteiger partial charge in [-0.05, 0) is 31.7 Å². The molecule has 1 aliphatic carbocycles. The van der Waals surface area contributed by atoms with Crippen molar-refractivity contribution >= 4 is 5.78 Å². The Kier molecular flexibility index (Phi) is 3.05. The van der Waals surface area contributed by atoms with Gasteiger partial charge in [-0.15, -0.1) is 0 Å². The molecule has 0 radical (unpaired) electrons. The summed E-state index contributed by atoms with van der Waals surface area (Å²) in [5, 5.41) is 3.11. The standard InChI is InChI=1S/C11H17F2NO/c12-11(13)4-3-8(7-11)6-10(15)9-2-1-5-14-9/h8-9,14H,1-7H2/t8?,9-/m1/s1. The van der Waals surface area contributed by atoms with E-state index >= 15 is 0 Å². The Morgan fingerprint density at radius 2 is 2.20 bits per heavy atom. The van der Waals surface area contributed by atoms with E-state index in [9.17, 15) is 13.6 Å². The number of Topliss-reactive ketones (excluding diaryl/α,β-unsaturated/α-hetero) is 1. The summed E-state index contributed by atoms with van der Waals surface area (Å²) in [6.45, 7) is 0.886. The molecule has 86 valence electrons. The van der Waals surface area contributed by atoms with Crippen molar-refractivity contribution in [2.75, 3.05) is 6.54 Å². The van der Waals surface area contributed by atoms with Crippen LogP contribution in [0.4, 0.5) is 8.78 Å². The fourth-order valence-corrected chi connectivity index (χ4v) is 2.60. The normalized spacial score (nSPS) is 34.5. The summed E-state index contributed by atoms with van der Waals surface area (Å²) in [4.78, 5) is 11.7. The maximum atomic E-state index is 12.9. The highest BCUT2D eigenvalue weighted by atomic mass is 19.3. The molecule has 2 atom stereocenters. The van der Waals surface area contributed by atoms with E-state index in [0.717, 1.165) is 19.4 Å². The Hall–Kier alpha value is -0.510. The number of hydrogen-bond donors (Lipinski definition) is 1. The molecule has 1 N–H and O–H groups in total. The van der Waals surface area contributed by atoms with Crippen molar-refractivity contribution in [1.29, 1.82) is 0 Å². The van der Waals surface area contributed by atoms with Gasteiger partial charge in [0.05, 0.1) is 6.04 Å². The predicted molar refractivity (Wildman–Crippen MR) is 52.9 cm³/mol. The first-order chi connectivity index (χ1) is 7.07. The highest BCUT2D eigenvalue weighted by molar-refractivity contribution is 5.84. The lowest BCUT2D eigenvalue weighted by Gasteiger charge is -2.13. The topological polar surface area (TPSA) is 29.1 Å². The zero-order valence-corrected chi connectivity index (χ0v) is 8.77. The lowest BCUT2D eigenvalue weighted by molar-refractivity contribution is -0.121. The molecule has 1 heterocycles. The molecule has 2 nitrogen and oxygen atoms in total. The van der Waals surface area contributed by atoms with E-state index in [1.165, 1.54) is 0 Å². The first-order valence-corrected chi connectivity index (χ1v) is 5.71. The fraction of sp³-hybridized carbons (Fsp3) is 0.909. The second-order valence-corrected chi connectivity index (χ2v) is 4.78. The zero-order valence-electron chi connectivity index (χ0n) is 8.77. The van der Waals surface area contributed by atoms with Crippen LogP contribution in [-0.2, 0) is 4.79 Å². The number of nitrogens with one attached hydrogen (secondary N) is 1. The van der Waals surface area contributed by atoms with Gasteiger partial charge in [0.25, 0.3) is 0 Å². The minimum absolute atomic E-state index is 0.0386. The van der Waals surface area contributed by atoms with Gasteiger partial charge in [-0.2, -0.15) is 0 Å². The van der Waals surface area contributed by atoms with E-state index in [-0.39, 0.29) is 30.6 Å². The monoisotopic (exact) mass is 217 g/mol. The summed E-state index contributed by atoms with van der Waals surface area (Å²) in [6.07, 6.45) is 2.62. The third-order valence-corrected chi connectivity index (χ3v) is 3.44. The van der Waals surface area contributed by atoms with Gasteiger partial charge in [0.15, 0.2) is 0 Å². The number of rotatable bonds is 3. The fourth-order valence-electron chi connectivity index (χ4n) is 2.60. The van der Waals surface area contributed by atoms with E-state index in [1.807, 2.05) is 0 Å². The van der Waals surface area contributed by atoms with Crippen LogP contribution in [0.5, 0.6) is 0 Å². The van der Waals surface area contributed by atoms with Crippen molar-refractivity contribution in [3.8, 4) is 0 Å². The summed E-state index contributed by atoms with van der Waals surface area (Å²) >= 11 is 0. The van der Waals surface area contributed by atoms with Crippen molar-refractivity contribution in [3.63, 3.8) is 0 Å². The highest BCUT2D eigenvalue weighted by Gasteiger charge is 2.40. The third kappa shape index (κ3) is 2.74. The van der Waals surface area contributed by atoms with Crippen LogP contribution in [0, 0.1) is 5.92 Å². The van der Waals surface area contributed by atoms with E-state index in [2.05, 4.69) is 5.32 Å². The molecule has 2 fully saturated rings. The van der Waals surface area contributed by atoms with Gasteiger partial charge in [-0.1, -0.05) is 0 Å². The second kappa shape index (κ2) is 4.16. The first-order valence-electron chi connectivity index (χ1n) is 5.71. The quantitative estimate of drug-likeness (QED) is 0.784. The van der Waals surface area contributed by atoms with Crippen LogP contribution in [0.2, 0.25) is 0 Å². The molecule has 1 unspecified atom stereocenters. The summed E-state index contributed by atoms with van der Waals surface area (Å²) < 4.78 is 25.8. The van der Waals surface area contributed by atoms with Crippen molar-refractivity contribution in [2.24, 2.45) is 5.92 Å². The average molecular weight is 217 g/mol. The average Bonchev–Trinajstić information content (AvgIpc) is 2.74. The first kappa shape index (κ1) is 11.0. The van der Waals surface area contributed by atoms with Gasteiger partial charge in [-0.3, -0.25) is 4.79 Å². The molecule has 1 aliphatic heterocycles. The van der Waals surface area contributed by atoms with E-state index in [1.54, 1.807) is 0 Å². The van der Waals surface area contributed by atoms with Gasteiger partial charge in [0, 0.05) is 19.3 Å². The van der Waals surface area contributed by atoms with Crippen LogP contribution >= 0.6 is 0 Å². The van der Waals surface area contributed by atoms with Crippen molar-refractivity contribution in [2.45, 2.75) is 50.5 Å². The predicted octanol–water partition coefficient (Wildman–Crippen LogP) is 2.13. The lowest BCUT2D eigenvalue weighted by atomic mass is 9.96. The molecule has 0 aromatic rings. The number of hydrogen-bond acceptors (Lipinski definition) is 2. The van der Waals surface area contributed by atoms with Crippen molar-refractivity contribution in [1.82, 2.24) is 5.32 Å². The molecule has 0 aromatic heterocycles. The molecule has 0 spiro atoms. The van der Waals surface area contributed by atoms with Gasteiger partial charge in [-0.25, -0.2) is 8.78 Å². The van der Waals surface area contributed by atoms with E-state index < -0.39 is 5.92 Å². The highest BCUT2D eigenvalue weighted by Crippen LogP contribution is 2.40. The maximum absolute atomic E-state index is 12.9. The molecule has 0 amide bonds.